The summed E-state index contributed by atoms with van der Waals surface area (Å²) in [6, 6.07) is 6.11. The van der Waals surface area contributed by atoms with Crippen molar-refractivity contribution in [1.82, 2.24) is 15.5 Å². The zero-order valence-electron chi connectivity index (χ0n) is 16.8. The van der Waals surface area contributed by atoms with Crippen molar-refractivity contribution in [3.8, 4) is 0 Å². The number of hydrogen-bond acceptors (Lipinski definition) is 5. The van der Waals surface area contributed by atoms with Crippen molar-refractivity contribution < 1.29 is 23.9 Å². The van der Waals surface area contributed by atoms with Gasteiger partial charge in [0.2, 0.25) is 11.8 Å². The standard InChI is InChI=1S/C20H26BrN3O5/c1-20(2,3)29-19(28)23-15-5-4-10-24(18(15)27)12-17(26)22-11-16(25)13-6-8-14(21)9-7-13/h6-9,15H,4-5,10-12H2,1-3H3,(H,22,26)(H,23,28). The Hall–Kier alpha value is -2.42. The molecule has 0 bridgehead atoms. The minimum Gasteiger partial charge on any atom is -0.444 e. The highest BCUT2D eigenvalue weighted by atomic mass is 79.9. The molecular weight excluding hydrogens is 442 g/mol. The Morgan fingerprint density at radius 2 is 1.86 bits per heavy atom. The van der Waals surface area contributed by atoms with Crippen LogP contribution in [0.1, 0.15) is 44.0 Å². The summed E-state index contributed by atoms with van der Waals surface area (Å²) in [7, 11) is 0. The average Bonchev–Trinajstić information content (AvgIpc) is 2.62. The number of likely N-dealkylation sites (tertiary alicyclic amines) is 1. The fraction of sp³-hybridized carbons (Fsp3) is 0.500. The van der Waals surface area contributed by atoms with Crippen LogP contribution in [0, 0.1) is 0 Å². The third kappa shape index (κ3) is 7.49. The van der Waals surface area contributed by atoms with Gasteiger partial charge in [0, 0.05) is 16.6 Å². The van der Waals surface area contributed by atoms with Gasteiger partial charge in [-0.25, -0.2) is 4.79 Å². The summed E-state index contributed by atoms with van der Waals surface area (Å²) < 4.78 is 6.04. The SMILES string of the molecule is CC(C)(C)OC(=O)NC1CCCN(CC(=O)NCC(=O)c2ccc(Br)cc2)C1=O. The molecule has 0 aliphatic carbocycles. The first-order chi connectivity index (χ1) is 13.5. The number of rotatable bonds is 6. The Kier molecular flexibility index (Phi) is 7.78. The first kappa shape index (κ1) is 22.9. The van der Waals surface area contributed by atoms with E-state index in [1.54, 1.807) is 45.0 Å². The molecule has 1 aliphatic heterocycles. The molecule has 9 heteroatoms. The first-order valence-corrected chi connectivity index (χ1v) is 10.2. The number of benzene rings is 1. The smallest absolute Gasteiger partial charge is 0.408 e. The largest absolute Gasteiger partial charge is 0.444 e. The van der Waals surface area contributed by atoms with Crippen molar-refractivity contribution in [2.45, 2.75) is 45.3 Å². The molecule has 0 spiro atoms. The van der Waals surface area contributed by atoms with Gasteiger partial charge < -0.3 is 20.3 Å². The van der Waals surface area contributed by atoms with Crippen LogP contribution in [0.2, 0.25) is 0 Å². The van der Waals surface area contributed by atoms with Crippen LogP contribution in [-0.4, -0.2) is 59.9 Å². The molecule has 8 nitrogen and oxygen atoms in total. The van der Waals surface area contributed by atoms with Crippen molar-refractivity contribution in [3.63, 3.8) is 0 Å². The van der Waals surface area contributed by atoms with Gasteiger partial charge >= 0.3 is 6.09 Å². The molecule has 1 aliphatic rings. The van der Waals surface area contributed by atoms with Crippen molar-refractivity contribution in [2.24, 2.45) is 0 Å². The molecule has 1 aromatic carbocycles. The Morgan fingerprint density at radius 1 is 1.21 bits per heavy atom. The van der Waals surface area contributed by atoms with E-state index in [1.807, 2.05) is 0 Å². The fourth-order valence-corrected chi connectivity index (χ4v) is 3.09. The van der Waals surface area contributed by atoms with Crippen molar-refractivity contribution in [1.29, 1.82) is 0 Å². The minimum atomic E-state index is -0.726. The van der Waals surface area contributed by atoms with Gasteiger partial charge in [0.25, 0.3) is 0 Å². The summed E-state index contributed by atoms with van der Waals surface area (Å²) >= 11 is 3.30. The van der Waals surface area contributed by atoms with Crippen LogP contribution in [0.4, 0.5) is 4.79 Å². The maximum absolute atomic E-state index is 12.6. The maximum Gasteiger partial charge on any atom is 0.408 e. The monoisotopic (exact) mass is 467 g/mol. The lowest BCUT2D eigenvalue weighted by molar-refractivity contribution is -0.139. The van der Waals surface area contributed by atoms with Crippen molar-refractivity contribution in [3.05, 3.63) is 34.3 Å². The van der Waals surface area contributed by atoms with Crippen LogP contribution in [0.5, 0.6) is 0 Å². The highest BCUT2D eigenvalue weighted by molar-refractivity contribution is 9.10. The lowest BCUT2D eigenvalue weighted by Gasteiger charge is -2.32. The number of piperidine rings is 1. The van der Waals surface area contributed by atoms with Crippen LogP contribution in [0.15, 0.2) is 28.7 Å². The Morgan fingerprint density at radius 3 is 2.48 bits per heavy atom. The molecule has 3 amide bonds. The molecule has 1 aromatic rings. The maximum atomic E-state index is 12.6. The van der Waals surface area contributed by atoms with Crippen LogP contribution >= 0.6 is 15.9 Å². The third-order valence-corrected chi connectivity index (χ3v) is 4.70. The van der Waals surface area contributed by atoms with E-state index >= 15 is 0 Å². The van der Waals surface area contributed by atoms with Gasteiger partial charge in [-0.1, -0.05) is 28.1 Å². The first-order valence-electron chi connectivity index (χ1n) is 9.39. The summed E-state index contributed by atoms with van der Waals surface area (Å²) in [5.74, 6) is -0.987. The number of nitrogens with one attached hydrogen (secondary N) is 2. The molecule has 29 heavy (non-hydrogen) atoms. The lowest BCUT2D eigenvalue weighted by atomic mass is 10.0. The molecule has 158 valence electrons. The average molecular weight is 468 g/mol. The summed E-state index contributed by atoms with van der Waals surface area (Å²) in [5, 5.41) is 5.11. The van der Waals surface area contributed by atoms with E-state index in [0.29, 0.717) is 24.9 Å². The number of halogens is 1. The normalized spacial score (nSPS) is 16.9. The van der Waals surface area contributed by atoms with Gasteiger partial charge in [-0.2, -0.15) is 0 Å². The second-order valence-electron chi connectivity index (χ2n) is 7.81. The number of ketones is 1. The molecular formula is C20H26BrN3O5. The second kappa shape index (κ2) is 9.87. The lowest BCUT2D eigenvalue weighted by Crippen LogP contribution is -2.55. The predicted octanol–water partition coefficient (Wildman–Crippen LogP) is 2.26. The number of carbonyl (C=O) groups excluding carboxylic acids is 4. The van der Waals surface area contributed by atoms with E-state index in [9.17, 15) is 19.2 Å². The van der Waals surface area contributed by atoms with Gasteiger partial charge in [-0.3, -0.25) is 14.4 Å². The molecule has 0 saturated carbocycles. The van der Waals surface area contributed by atoms with Gasteiger partial charge in [0.15, 0.2) is 5.78 Å². The number of ether oxygens (including phenoxy) is 1. The topological polar surface area (TPSA) is 105 Å². The number of alkyl carbamates (subject to hydrolysis) is 1. The van der Waals surface area contributed by atoms with Gasteiger partial charge in [0.05, 0.1) is 13.1 Å². The molecule has 1 saturated heterocycles. The van der Waals surface area contributed by atoms with Crippen molar-refractivity contribution in [2.75, 3.05) is 19.6 Å². The number of carbonyl (C=O) groups is 4. The van der Waals surface area contributed by atoms with Gasteiger partial charge in [-0.15, -0.1) is 0 Å². The molecule has 1 heterocycles. The predicted molar refractivity (Wildman–Crippen MR) is 110 cm³/mol. The molecule has 1 fully saturated rings. The zero-order chi connectivity index (χ0) is 21.6. The Balaban J connectivity index is 1.83. The van der Waals surface area contributed by atoms with E-state index in [4.69, 9.17) is 4.74 Å². The summed E-state index contributed by atoms with van der Waals surface area (Å²) in [4.78, 5) is 50.2. The van der Waals surface area contributed by atoms with E-state index < -0.39 is 23.6 Å². The molecule has 1 atom stereocenters. The van der Waals surface area contributed by atoms with Crippen LogP contribution < -0.4 is 10.6 Å². The van der Waals surface area contributed by atoms with Crippen molar-refractivity contribution >= 4 is 39.6 Å². The molecule has 2 rings (SSSR count). The Labute approximate surface area is 178 Å². The summed E-state index contributed by atoms with van der Waals surface area (Å²) in [5.41, 5.74) is -0.174. The minimum absolute atomic E-state index is 0.151. The van der Waals surface area contributed by atoms with E-state index in [0.717, 1.165) is 4.47 Å². The van der Waals surface area contributed by atoms with E-state index in [1.165, 1.54) is 4.90 Å². The molecule has 2 N–H and O–H groups in total. The summed E-state index contributed by atoms with van der Waals surface area (Å²) in [6.45, 7) is 5.31. The number of Topliss-reactive ketones (excluding diaryl/α,β-unsaturated/α-hetero) is 1. The third-order valence-electron chi connectivity index (χ3n) is 4.17. The van der Waals surface area contributed by atoms with E-state index in [-0.39, 0.29) is 24.8 Å². The molecule has 0 aromatic heterocycles. The number of amides is 3. The fourth-order valence-electron chi connectivity index (χ4n) is 2.83. The van der Waals surface area contributed by atoms with Crippen LogP contribution in [-0.2, 0) is 14.3 Å². The Bertz CT molecular complexity index is 773. The molecule has 0 radical (unpaired) electrons. The van der Waals surface area contributed by atoms with Crippen LogP contribution in [0.3, 0.4) is 0 Å². The number of hydrogen-bond donors (Lipinski definition) is 2. The second-order valence-corrected chi connectivity index (χ2v) is 8.72. The highest BCUT2D eigenvalue weighted by Crippen LogP contribution is 2.14. The molecule has 1 unspecified atom stereocenters. The zero-order valence-corrected chi connectivity index (χ0v) is 18.4. The van der Waals surface area contributed by atoms with E-state index in [2.05, 4.69) is 26.6 Å². The van der Waals surface area contributed by atoms with Crippen LogP contribution in [0.25, 0.3) is 0 Å². The number of nitrogens with zero attached hydrogens (tertiary/aromatic N) is 1. The quantitative estimate of drug-likeness (QED) is 0.624. The van der Waals surface area contributed by atoms with Gasteiger partial charge in [-0.05, 0) is 45.7 Å². The summed E-state index contributed by atoms with van der Waals surface area (Å²) in [6.07, 6.45) is 0.470. The van der Waals surface area contributed by atoms with Gasteiger partial charge in [0.1, 0.15) is 11.6 Å². The highest BCUT2D eigenvalue weighted by Gasteiger charge is 2.32.